The molecule has 0 aromatic carbocycles. The van der Waals surface area contributed by atoms with Gasteiger partial charge >= 0.3 is 0 Å². The van der Waals surface area contributed by atoms with Gasteiger partial charge < -0.3 is 14.6 Å². The van der Waals surface area contributed by atoms with E-state index < -0.39 is 0 Å². The van der Waals surface area contributed by atoms with Gasteiger partial charge in [0.1, 0.15) is 10.7 Å². The van der Waals surface area contributed by atoms with E-state index in [1.165, 1.54) is 11.3 Å². The van der Waals surface area contributed by atoms with Crippen LogP contribution in [0.2, 0.25) is 0 Å². The van der Waals surface area contributed by atoms with E-state index in [-0.39, 0.29) is 18.1 Å². The highest BCUT2D eigenvalue weighted by Gasteiger charge is 2.39. The van der Waals surface area contributed by atoms with Crippen molar-refractivity contribution in [2.75, 3.05) is 13.7 Å². The minimum absolute atomic E-state index is 0.00577. The number of rotatable bonds is 6. The zero-order chi connectivity index (χ0) is 20.4. The topological polar surface area (TPSA) is 84.0 Å². The van der Waals surface area contributed by atoms with E-state index in [4.69, 9.17) is 4.74 Å². The number of hydrogen-bond donors (Lipinski definition) is 1. The van der Waals surface area contributed by atoms with E-state index in [9.17, 15) is 4.79 Å². The molecule has 2 atom stereocenters. The van der Waals surface area contributed by atoms with Gasteiger partial charge in [0.05, 0.1) is 34.7 Å². The molecule has 4 heterocycles. The molecule has 1 aliphatic rings. The first kappa shape index (κ1) is 19.7. The lowest BCUT2D eigenvalue weighted by Gasteiger charge is -2.22. The molecular weight excluding hydrogens is 386 g/mol. The lowest BCUT2D eigenvalue weighted by molar-refractivity contribution is 0.0688. The van der Waals surface area contributed by atoms with E-state index in [1.54, 1.807) is 25.7 Å². The number of H-pyrrole nitrogens is 1. The van der Waals surface area contributed by atoms with Crippen LogP contribution in [0.4, 0.5) is 0 Å². The van der Waals surface area contributed by atoms with E-state index >= 15 is 0 Å². The summed E-state index contributed by atoms with van der Waals surface area (Å²) >= 11 is 1.51. The maximum atomic E-state index is 13.4. The number of methoxy groups -OCH3 is 1. The minimum Gasteiger partial charge on any atom is -0.380 e. The Morgan fingerprint density at radius 3 is 3.00 bits per heavy atom. The molecular formula is C21H25N5O2S. The number of likely N-dealkylation sites (tertiary alicyclic amines) is 1. The van der Waals surface area contributed by atoms with Crippen LogP contribution in [0.1, 0.15) is 52.0 Å². The van der Waals surface area contributed by atoms with E-state index in [0.717, 1.165) is 40.6 Å². The molecule has 4 rings (SSSR count). The Morgan fingerprint density at radius 1 is 1.41 bits per heavy atom. The van der Waals surface area contributed by atoms with Crippen LogP contribution >= 0.6 is 11.3 Å². The van der Waals surface area contributed by atoms with Crippen LogP contribution in [0, 0.1) is 6.92 Å². The second-order valence-electron chi connectivity index (χ2n) is 7.26. The molecule has 29 heavy (non-hydrogen) atoms. The average molecular weight is 412 g/mol. The summed E-state index contributed by atoms with van der Waals surface area (Å²) in [5.74, 6) is 0.777. The van der Waals surface area contributed by atoms with Crippen LogP contribution in [0.15, 0.2) is 30.7 Å². The molecule has 8 heteroatoms. The number of amides is 1. The van der Waals surface area contributed by atoms with Crippen LogP contribution in [0.5, 0.6) is 0 Å². The van der Waals surface area contributed by atoms with Gasteiger partial charge in [-0.3, -0.25) is 9.78 Å². The van der Waals surface area contributed by atoms with Crippen molar-refractivity contribution in [2.24, 2.45) is 0 Å². The van der Waals surface area contributed by atoms with Crippen molar-refractivity contribution in [3.8, 4) is 11.3 Å². The second kappa shape index (κ2) is 8.42. The van der Waals surface area contributed by atoms with Crippen molar-refractivity contribution >= 4 is 17.2 Å². The molecule has 0 unspecified atom stereocenters. The molecule has 3 aromatic heterocycles. The largest absolute Gasteiger partial charge is 0.380 e. The molecule has 1 fully saturated rings. The number of pyridine rings is 1. The van der Waals surface area contributed by atoms with E-state index in [1.807, 2.05) is 24.0 Å². The van der Waals surface area contributed by atoms with Crippen LogP contribution in [0.25, 0.3) is 11.3 Å². The lowest BCUT2D eigenvalue weighted by atomic mass is 10.2. The number of nitrogens with one attached hydrogen (secondary N) is 1. The van der Waals surface area contributed by atoms with Gasteiger partial charge in [0, 0.05) is 38.0 Å². The SMILES string of the molecule is CCCc1nc(C)c(C(=O)N2C[C@@H](OC)C[C@H]2c2ncc(-c3cccnc3)[nH]2)s1. The van der Waals surface area contributed by atoms with Crippen molar-refractivity contribution in [2.45, 2.75) is 45.3 Å². The number of aryl methyl sites for hydroxylation is 2. The molecule has 1 saturated heterocycles. The smallest absolute Gasteiger partial charge is 0.266 e. The second-order valence-corrected chi connectivity index (χ2v) is 8.35. The number of carbonyl (C=O) groups is 1. The summed E-state index contributed by atoms with van der Waals surface area (Å²) in [6.07, 6.45) is 7.94. The minimum atomic E-state index is -0.158. The van der Waals surface area contributed by atoms with Gasteiger partial charge in [-0.1, -0.05) is 6.92 Å². The zero-order valence-electron chi connectivity index (χ0n) is 16.9. The van der Waals surface area contributed by atoms with Gasteiger partial charge in [-0.05, 0) is 31.9 Å². The van der Waals surface area contributed by atoms with Gasteiger partial charge in [0.25, 0.3) is 5.91 Å². The fourth-order valence-corrected chi connectivity index (χ4v) is 4.85. The van der Waals surface area contributed by atoms with Crippen LogP contribution in [0.3, 0.4) is 0 Å². The Hall–Kier alpha value is -2.58. The van der Waals surface area contributed by atoms with Crippen molar-refractivity contribution in [3.63, 3.8) is 0 Å². The highest BCUT2D eigenvalue weighted by Crippen LogP contribution is 2.35. The number of carbonyl (C=O) groups excluding carboxylic acids is 1. The number of ether oxygens (including phenoxy) is 1. The lowest BCUT2D eigenvalue weighted by Crippen LogP contribution is -2.32. The van der Waals surface area contributed by atoms with Gasteiger partial charge in [-0.15, -0.1) is 11.3 Å². The molecule has 7 nitrogen and oxygen atoms in total. The standard InChI is InChI=1S/C21H25N5O2S/c1-4-6-18-24-13(2)19(29-18)21(27)26-12-15(28-3)9-17(26)20-23-11-16(25-20)14-7-5-8-22-10-14/h5,7-8,10-11,15,17H,4,6,9,12H2,1-3H3,(H,23,25)/t15-,17-/m0/s1. The molecule has 1 aliphatic heterocycles. The molecule has 1 N–H and O–H groups in total. The summed E-state index contributed by atoms with van der Waals surface area (Å²) in [6, 6.07) is 3.72. The van der Waals surface area contributed by atoms with Crippen molar-refractivity contribution in [1.82, 2.24) is 24.8 Å². The quantitative estimate of drug-likeness (QED) is 0.667. The molecule has 1 amide bonds. The first-order chi connectivity index (χ1) is 14.1. The maximum absolute atomic E-state index is 13.4. The van der Waals surface area contributed by atoms with Crippen LogP contribution in [-0.4, -0.2) is 50.5 Å². The number of hydrogen-bond acceptors (Lipinski definition) is 6. The van der Waals surface area contributed by atoms with Crippen molar-refractivity contribution in [1.29, 1.82) is 0 Å². The highest BCUT2D eigenvalue weighted by atomic mass is 32.1. The number of aromatic nitrogens is 4. The third kappa shape index (κ3) is 3.95. The molecule has 0 saturated carbocycles. The summed E-state index contributed by atoms with van der Waals surface area (Å²) in [4.78, 5) is 32.7. The predicted molar refractivity (Wildman–Crippen MR) is 112 cm³/mol. The molecule has 0 aliphatic carbocycles. The molecule has 0 radical (unpaired) electrons. The van der Waals surface area contributed by atoms with Gasteiger partial charge in [-0.25, -0.2) is 9.97 Å². The first-order valence-electron chi connectivity index (χ1n) is 9.86. The molecule has 0 bridgehead atoms. The Bertz CT molecular complexity index is 984. The Labute approximate surface area is 174 Å². The molecule has 3 aromatic rings. The summed E-state index contributed by atoms with van der Waals surface area (Å²) in [5.41, 5.74) is 2.66. The molecule has 0 spiro atoms. The maximum Gasteiger partial charge on any atom is 0.266 e. The number of thiazole rings is 1. The van der Waals surface area contributed by atoms with Crippen LogP contribution < -0.4 is 0 Å². The third-order valence-corrected chi connectivity index (χ3v) is 6.44. The van der Waals surface area contributed by atoms with Crippen molar-refractivity contribution < 1.29 is 9.53 Å². The first-order valence-corrected chi connectivity index (χ1v) is 10.7. The van der Waals surface area contributed by atoms with Gasteiger partial charge in [-0.2, -0.15) is 0 Å². The predicted octanol–water partition coefficient (Wildman–Crippen LogP) is 3.79. The Morgan fingerprint density at radius 2 is 2.28 bits per heavy atom. The monoisotopic (exact) mass is 411 g/mol. The van der Waals surface area contributed by atoms with Gasteiger partial charge in [0.15, 0.2) is 0 Å². The normalized spacial score (nSPS) is 19.1. The Kier molecular flexibility index (Phi) is 5.73. The summed E-state index contributed by atoms with van der Waals surface area (Å²) in [5, 5.41) is 1.02. The van der Waals surface area contributed by atoms with Crippen LogP contribution in [-0.2, 0) is 11.2 Å². The zero-order valence-corrected chi connectivity index (χ0v) is 17.7. The van der Waals surface area contributed by atoms with E-state index in [2.05, 4.69) is 26.9 Å². The number of aromatic amines is 1. The Balaban J connectivity index is 1.62. The fourth-order valence-electron chi connectivity index (χ4n) is 3.73. The number of imidazole rings is 1. The van der Waals surface area contributed by atoms with Gasteiger partial charge in [0.2, 0.25) is 0 Å². The molecule has 152 valence electrons. The van der Waals surface area contributed by atoms with Crippen molar-refractivity contribution in [3.05, 3.63) is 52.1 Å². The summed E-state index contributed by atoms with van der Waals surface area (Å²) < 4.78 is 5.59. The fraction of sp³-hybridized carbons (Fsp3) is 0.429. The summed E-state index contributed by atoms with van der Waals surface area (Å²) in [7, 11) is 1.69. The number of nitrogens with zero attached hydrogens (tertiary/aromatic N) is 4. The third-order valence-electron chi connectivity index (χ3n) is 5.24. The highest BCUT2D eigenvalue weighted by molar-refractivity contribution is 7.13. The average Bonchev–Trinajstić information content (AvgIpc) is 3.46. The van der Waals surface area contributed by atoms with E-state index in [0.29, 0.717) is 17.8 Å². The summed E-state index contributed by atoms with van der Waals surface area (Å²) in [6.45, 7) is 4.58.